The number of hydrogen-bond acceptors (Lipinski definition) is 3. The third-order valence-electron chi connectivity index (χ3n) is 1.87. The van der Waals surface area contributed by atoms with Crippen molar-refractivity contribution in [1.29, 1.82) is 0 Å². The van der Waals surface area contributed by atoms with Gasteiger partial charge in [0.25, 0.3) is 5.91 Å². The van der Waals surface area contributed by atoms with E-state index in [1.54, 1.807) is 18.2 Å². The van der Waals surface area contributed by atoms with Gasteiger partial charge in [-0.25, -0.2) is 5.06 Å². The molecule has 0 aliphatic heterocycles. The highest BCUT2D eigenvalue weighted by molar-refractivity contribution is 9.10. The molecule has 0 aromatic heterocycles. The number of carbonyl (C=O) groups excluding carboxylic acids is 1. The summed E-state index contributed by atoms with van der Waals surface area (Å²) in [5.74, 6) is 0.171. The normalized spacial score (nSPS) is 10.0. The molecule has 0 saturated carbocycles. The lowest BCUT2D eigenvalue weighted by atomic mass is 10.3. The van der Waals surface area contributed by atoms with Crippen LogP contribution in [0.15, 0.2) is 22.7 Å². The van der Waals surface area contributed by atoms with Gasteiger partial charge in [-0.05, 0) is 18.2 Å². The molecule has 0 bridgehead atoms. The Bertz CT molecular complexity index is 386. The Hall–Kier alpha value is -0.780. The van der Waals surface area contributed by atoms with Crippen LogP contribution in [-0.4, -0.2) is 31.7 Å². The molecule has 0 aliphatic carbocycles. The third kappa shape index (κ3) is 3.66. The van der Waals surface area contributed by atoms with Crippen LogP contribution in [-0.2, 0) is 9.63 Å². The summed E-state index contributed by atoms with van der Waals surface area (Å²) in [5.41, 5.74) is 0. The van der Waals surface area contributed by atoms with E-state index in [1.807, 2.05) is 0 Å². The maximum atomic E-state index is 11.3. The summed E-state index contributed by atoms with van der Waals surface area (Å²) >= 11 is 9.19. The topological polar surface area (TPSA) is 38.8 Å². The van der Waals surface area contributed by atoms with E-state index in [2.05, 4.69) is 15.9 Å². The summed E-state index contributed by atoms with van der Waals surface area (Å²) < 4.78 is 6.10. The van der Waals surface area contributed by atoms with Gasteiger partial charge in [-0.1, -0.05) is 27.5 Å². The Balaban J connectivity index is 2.58. The van der Waals surface area contributed by atoms with Gasteiger partial charge in [0.05, 0.1) is 12.1 Å². The Morgan fingerprint density at radius 2 is 2.25 bits per heavy atom. The first kappa shape index (κ1) is 13.3. The zero-order valence-corrected chi connectivity index (χ0v) is 11.2. The summed E-state index contributed by atoms with van der Waals surface area (Å²) in [5, 5.41) is 1.54. The maximum Gasteiger partial charge on any atom is 0.283 e. The third-order valence-corrected chi connectivity index (χ3v) is 2.66. The van der Waals surface area contributed by atoms with Gasteiger partial charge in [-0.15, -0.1) is 0 Å². The van der Waals surface area contributed by atoms with E-state index >= 15 is 0 Å². The molecule has 16 heavy (non-hydrogen) atoms. The van der Waals surface area contributed by atoms with Crippen LogP contribution in [0.25, 0.3) is 0 Å². The highest BCUT2D eigenvalue weighted by Crippen LogP contribution is 2.27. The lowest BCUT2D eigenvalue weighted by molar-refractivity contribution is -0.170. The fourth-order valence-corrected chi connectivity index (χ4v) is 1.65. The summed E-state index contributed by atoms with van der Waals surface area (Å²) in [4.78, 5) is 16.1. The van der Waals surface area contributed by atoms with Crippen molar-refractivity contribution in [2.75, 3.05) is 20.8 Å². The standard InChI is InChI=1S/C10H11BrClNO3/c1-13(15-2)10(14)6-16-9-4-3-7(11)5-8(9)12/h3-5H,6H2,1-2H3. The molecule has 0 radical (unpaired) electrons. The molecule has 4 nitrogen and oxygen atoms in total. The molecule has 0 atom stereocenters. The first-order valence-corrected chi connectivity index (χ1v) is 5.60. The smallest absolute Gasteiger partial charge is 0.283 e. The predicted molar refractivity (Wildman–Crippen MR) is 64.4 cm³/mol. The second-order valence-corrected chi connectivity index (χ2v) is 4.26. The van der Waals surface area contributed by atoms with Crippen LogP contribution >= 0.6 is 27.5 Å². The predicted octanol–water partition coefficient (Wildman–Crippen LogP) is 2.50. The highest BCUT2D eigenvalue weighted by atomic mass is 79.9. The number of nitrogens with zero attached hydrogens (tertiary/aromatic N) is 1. The van der Waals surface area contributed by atoms with Crippen LogP contribution in [0.4, 0.5) is 0 Å². The number of likely N-dealkylation sites (N-methyl/N-ethyl adjacent to an activating group) is 1. The number of hydrogen-bond donors (Lipinski definition) is 0. The largest absolute Gasteiger partial charge is 0.482 e. The molecule has 6 heteroatoms. The molecule has 1 rings (SSSR count). The summed E-state index contributed by atoms with van der Waals surface area (Å²) in [6.45, 7) is -0.119. The minimum absolute atomic E-state index is 0.119. The van der Waals surface area contributed by atoms with Crippen molar-refractivity contribution in [3.8, 4) is 5.75 Å². The minimum atomic E-state index is -0.290. The van der Waals surface area contributed by atoms with Crippen LogP contribution in [0, 0.1) is 0 Å². The average Bonchev–Trinajstić information content (AvgIpc) is 2.26. The summed E-state index contributed by atoms with van der Waals surface area (Å²) in [7, 11) is 2.92. The zero-order valence-electron chi connectivity index (χ0n) is 8.87. The lowest BCUT2D eigenvalue weighted by Gasteiger charge is -2.14. The average molecular weight is 309 g/mol. The second kappa shape index (κ2) is 6.08. The van der Waals surface area contributed by atoms with Gasteiger partial charge < -0.3 is 4.74 Å². The Kier molecular flexibility index (Phi) is 5.05. The van der Waals surface area contributed by atoms with Crippen molar-refractivity contribution in [1.82, 2.24) is 5.06 Å². The molecule has 0 heterocycles. The van der Waals surface area contributed by atoms with Crippen molar-refractivity contribution in [3.63, 3.8) is 0 Å². The number of ether oxygens (including phenoxy) is 1. The van der Waals surface area contributed by atoms with Crippen molar-refractivity contribution in [2.45, 2.75) is 0 Å². The fourth-order valence-electron chi connectivity index (χ4n) is 0.924. The first-order chi connectivity index (χ1) is 7.54. The number of carbonyl (C=O) groups is 1. The maximum absolute atomic E-state index is 11.3. The van der Waals surface area contributed by atoms with Crippen LogP contribution in [0.1, 0.15) is 0 Å². The molecule has 0 unspecified atom stereocenters. The van der Waals surface area contributed by atoms with E-state index in [1.165, 1.54) is 14.2 Å². The lowest BCUT2D eigenvalue weighted by Crippen LogP contribution is -2.30. The highest BCUT2D eigenvalue weighted by Gasteiger charge is 2.10. The molecule has 1 aromatic carbocycles. The molecule has 0 saturated heterocycles. The van der Waals surface area contributed by atoms with Crippen LogP contribution < -0.4 is 4.74 Å². The van der Waals surface area contributed by atoms with E-state index in [4.69, 9.17) is 21.2 Å². The number of benzene rings is 1. The van der Waals surface area contributed by atoms with E-state index < -0.39 is 0 Å². The Labute approximate surface area is 107 Å². The summed E-state index contributed by atoms with van der Waals surface area (Å²) in [6, 6.07) is 5.17. The van der Waals surface area contributed by atoms with E-state index in [0.29, 0.717) is 10.8 Å². The SMILES string of the molecule is CON(C)C(=O)COc1ccc(Br)cc1Cl. The second-order valence-electron chi connectivity index (χ2n) is 2.94. The number of halogens is 2. The van der Waals surface area contributed by atoms with Crippen LogP contribution in [0.3, 0.4) is 0 Å². The van der Waals surface area contributed by atoms with Gasteiger partial charge in [0, 0.05) is 11.5 Å². The van der Waals surface area contributed by atoms with Gasteiger partial charge >= 0.3 is 0 Å². The van der Waals surface area contributed by atoms with E-state index in [0.717, 1.165) is 9.54 Å². The van der Waals surface area contributed by atoms with Crippen LogP contribution in [0.2, 0.25) is 5.02 Å². The Morgan fingerprint density at radius 3 is 2.81 bits per heavy atom. The minimum Gasteiger partial charge on any atom is -0.482 e. The van der Waals surface area contributed by atoms with Crippen molar-refractivity contribution in [3.05, 3.63) is 27.7 Å². The molecule has 1 aromatic rings. The molecule has 0 N–H and O–H groups in total. The van der Waals surface area contributed by atoms with Crippen LogP contribution in [0.5, 0.6) is 5.75 Å². The fraction of sp³-hybridized carbons (Fsp3) is 0.300. The molecule has 0 aliphatic rings. The van der Waals surface area contributed by atoms with Crippen molar-refractivity contribution < 1.29 is 14.4 Å². The number of amides is 1. The van der Waals surface area contributed by atoms with Gasteiger partial charge in [-0.3, -0.25) is 9.63 Å². The van der Waals surface area contributed by atoms with Crippen molar-refractivity contribution >= 4 is 33.4 Å². The Morgan fingerprint density at radius 1 is 1.56 bits per heavy atom. The molecular formula is C10H11BrClNO3. The molecule has 0 spiro atoms. The number of hydroxylamine groups is 2. The molecule has 1 amide bonds. The zero-order chi connectivity index (χ0) is 12.1. The first-order valence-electron chi connectivity index (χ1n) is 4.43. The summed E-state index contributed by atoms with van der Waals surface area (Å²) in [6.07, 6.45) is 0. The molecule has 0 fully saturated rings. The van der Waals surface area contributed by atoms with Gasteiger partial charge in [0.2, 0.25) is 0 Å². The molecular weight excluding hydrogens is 297 g/mol. The monoisotopic (exact) mass is 307 g/mol. The molecule has 88 valence electrons. The quantitative estimate of drug-likeness (QED) is 0.802. The van der Waals surface area contributed by atoms with E-state index in [-0.39, 0.29) is 12.5 Å². The van der Waals surface area contributed by atoms with Crippen molar-refractivity contribution in [2.24, 2.45) is 0 Å². The van der Waals surface area contributed by atoms with Gasteiger partial charge in [-0.2, -0.15) is 0 Å². The van der Waals surface area contributed by atoms with Gasteiger partial charge in [0.1, 0.15) is 5.75 Å². The van der Waals surface area contributed by atoms with Gasteiger partial charge in [0.15, 0.2) is 6.61 Å². The number of rotatable bonds is 4. The van der Waals surface area contributed by atoms with E-state index in [9.17, 15) is 4.79 Å².